The summed E-state index contributed by atoms with van der Waals surface area (Å²) in [6.45, 7) is 2.05. The van der Waals surface area contributed by atoms with E-state index in [1.165, 1.54) is 5.56 Å². The summed E-state index contributed by atoms with van der Waals surface area (Å²) in [6, 6.07) is 8.14. The van der Waals surface area contributed by atoms with E-state index in [1.54, 1.807) is 0 Å². The van der Waals surface area contributed by atoms with Crippen LogP contribution < -0.4 is 4.40 Å². The van der Waals surface area contributed by atoms with Crippen LogP contribution in [-0.2, 0) is 0 Å². The summed E-state index contributed by atoms with van der Waals surface area (Å²) in [4.78, 5) is 0. The number of benzene rings is 1. The van der Waals surface area contributed by atoms with Gasteiger partial charge in [0.1, 0.15) is 0 Å². The van der Waals surface area contributed by atoms with Crippen LogP contribution in [0.15, 0.2) is 24.3 Å². The van der Waals surface area contributed by atoms with Gasteiger partial charge >= 0.3 is 78.3 Å². The van der Waals surface area contributed by atoms with E-state index >= 15 is 0 Å². The Labute approximate surface area is 78.2 Å². The quantitative estimate of drug-likeness (QED) is 0.672. The van der Waals surface area contributed by atoms with E-state index in [0.717, 1.165) is 4.40 Å². The molecule has 0 nitrogen and oxygen atoms in total. The molecule has 0 spiro atoms. The fourth-order valence-corrected chi connectivity index (χ4v) is 3.73. The average Bonchev–Trinajstić information content (AvgIpc) is 1.86. The van der Waals surface area contributed by atoms with E-state index in [4.69, 9.17) is 20.0 Å². The van der Waals surface area contributed by atoms with Crippen LogP contribution in [0, 0.1) is 6.92 Å². The molecule has 0 aliphatic carbocycles. The molecular formula is C8H10Cl2Ge. The van der Waals surface area contributed by atoms with Crippen LogP contribution in [0.2, 0.25) is 5.76 Å². The first kappa shape index (κ1) is 9.43. The molecule has 0 amide bonds. The molecule has 60 valence electrons. The molecule has 0 aliphatic heterocycles. The zero-order valence-electron chi connectivity index (χ0n) is 6.57. The van der Waals surface area contributed by atoms with Gasteiger partial charge < -0.3 is 0 Å². The molecule has 11 heavy (non-hydrogen) atoms. The van der Waals surface area contributed by atoms with Gasteiger partial charge in [-0.2, -0.15) is 0 Å². The third kappa shape index (κ3) is 2.70. The molecule has 0 saturated heterocycles. The molecule has 0 unspecified atom stereocenters. The Bertz CT molecular complexity index is 235. The fourth-order valence-electron chi connectivity index (χ4n) is 0.846. The Morgan fingerprint density at radius 3 is 1.91 bits per heavy atom. The van der Waals surface area contributed by atoms with Crippen molar-refractivity contribution in [3.05, 3.63) is 29.8 Å². The predicted octanol–water partition coefficient (Wildman–Crippen LogP) is 2.75. The number of halogens is 2. The molecule has 0 aliphatic rings. The minimum absolute atomic E-state index is 1.12. The second kappa shape index (κ2) is 3.38. The van der Waals surface area contributed by atoms with Crippen molar-refractivity contribution in [2.24, 2.45) is 0 Å². The van der Waals surface area contributed by atoms with Crippen LogP contribution in [-0.4, -0.2) is 11.4 Å². The van der Waals surface area contributed by atoms with Crippen molar-refractivity contribution in [1.29, 1.82) is 0 Å². The van der Waals surface area contributed by atoms with Crippen molar-refractivity contribution < 1.29 is 0 Å². The molecule has 0 saturated carbocycles. The summed E-state index contributed by atoms with van der Waals surface area (Å²) in [7, 11) is 12.1. The molecule has 0 radical (unpaired) electrons. The predicted molar refractivity (Wildman–Crippen MR) is 54.1 cm³/mol. The van der Waals surface area contributed by atoms with Gasteiger partial charge in [0.15, 0.2) is 0 Å². The molecule has 1 aromatic rings. The van der Waals surface area contributed by atoms with E-state index < -0.39 is 11.4 Å². The van der Waals surface area contributed by atoms with E-state index in [-0.39, 0.29) is 0 Å². The summed E-state index contributed by atoms with van der Waals surface area (Å²) in [5.41, 5.74) is 1.24. The van der Waals surface area contributed by atoms with Crippen molar-refractivity contribution >= 4 is 35.8 Å². The Morgan fingerprint density at radius 1 is 1.09 bits per heavy atom. The number of hydrogen-bond donors (Lipinski definition) is 0. The van der Waals surface area contributed by atoms with Crippen LogP contribution in [0.3, 0.4) is 0 Å². The van der Waals surface area contributed by atoms with Gasteiger partial charge in [-0.15, -0.1) is 0 Å². The summed E-state index contributed by atoms with van der Waals surface area (Å²) in [5.74, 6) is 1.95. The Morgan fingerprint density at radius 2 is 1.55 bits per heavy atom. The van der Waals surface area contributed by atoms with Gasteiger partial charge in [-0.3, -0.25) is 0 Å². The third-order valence-electron chi connectivity index (χ3n) is 1.56. The van der Waals surface area contributed by atoms with Gasteiger partial charge in [0.25, 0.3) is 0 Å². The fraction of sp³-hybridized carbons (Fsp3) is 0.250. The summed E-state index contributed by atoms with van der Waals surface area (Å²) in [6.07, 6.45) is 0. The third-order valence-corrected chi connectivity index (χ3v) is 6.65. The molecular weight excluding hydrogens is 240 g/mol. The van der Waals surface area contributed by atoms with E-state index in [1.807, 2.05) is 30.0 Å². The van der Waals surface area contributed by atoms with Crippen molar-refractivity contribution in [2.75, 3.05) is 0 Å². The monoisotopic (exact) mass is 250 g/mol. The summed E-state index contributed by atoms with van der Waals surface area (Å²) >= 11 is -2.58. The first-order chi connectivity index (χ1) is 5.00. The van der Waals surface area contributed by atoms with Crippen LogP contribution in [0.25, 0.3) is 0 Å². The number of rotatable bonds is 1. The van der Waals surface area contributed by atoms with Crippen LogP contribution in [0.1, 0.15) is 5.56 Å². The molecule has 0 N–H and O–H groups in total. The maximum absolute atomic E-state index is 6.06. The molecule has 0 fully saturated rings. The van der Waals surface area contributed by atoms with Crippen LogP contribution in [0.5, 0.6) is 0 Å². The zero-order valence-corrected chi connectivity index (χ0v) is 10.2. The first-order valence-electron chi connectivity index (χ1n) is 3.45. The van der Waals surface area contributed by atoms with Crippen molar-refractivity contribution in [3.63, 3.8) is 0 Å². The van der Waals surface area contributed by atoms with Crippen LogP contribution in [0.4, 0.5) is 0 Å². The Balaban J connectivity index is 2.99. The normalized spacial score (nSPS) is 11.6. The zero-order chi connectivity index (χ0) is 8.48. The second-order valence-electron chi connectivity index (χ2n) is 2.75. The summed E-state index contributed by atoms with van der Waals surface area (Å²) < 4.78 is 1.12. The Hall–Kier alpha value is 0.343. The standard InChI is InChI=1S/C8H10Cl2Ge/c1-7-3-5-8(6-4-7)11(2,9)10/h3-6H,1-2H3. The molecule has 0 atom stereocenters. The van der Waals surface area contributed by atoms with Gasteiger partial charge in [0.2, 0.25) is 0 Å². The summed E-state index contributed by atoms with van der Waals surface area (Å²) in [5, 5.41) is 0. The van der Waals surface area contributed by atoms with E-state index in [0.29, 0.717) is 0 Å². The Kier molecular flexibility index (Phi) is 2.90. The van der Waals surface area contributed by atoms with E-state index in [9.17, 15) is 0 Å². The molecule has 3 heteroatoms. The van der Waals surface area contributed by atoms with Gasteiger partial charge in [0.05, 0.1) is 0 Å². The number of aryl methyl sites for hydroxylation is 1. The second-order valence-corrected chi connectivity index (χ2v) is 16.6. The average molecular weight is 250 g/mol. The van der Waals surface area contributed by atoms with Crippen molar-refractivity contribution in [3.8, 4) is 0 Å². The van der Waals surface area contributed by atoms with Crippen molar-refractivity contribution in [1.82, 2.24) is 0 Å². The van der Waals surface area contributed by atoms with Gasteiger partial charge in [-0.05, 0) is 0 Å². The van der Waals surface area contributed by atoms with Gasteiger partial charge in [-0.1, -0.05) is 0 Å². The molecule has 0 bridgehead atoms. The van der Waals surface area contributed by atoms with Crippen LogP contribution >= 0.6 is 20.0 Å². The number of hydrogen-bond acceptors (Lipinski definition) is 0. The van der Waals surface area contributed by atoms with Gasteiger partial charge in [0, 0.05) is 0 Å². The molecule has 0 heterocycles. The maximum atomic E-state index is 6.06. The molecule has 1 rings (SSSR count). The topological polar surface area (TPSA) is 0 Å². The van der Waals surface area contributed by atoms with E-state index in [2.05, 4.69) is 6.92 Å². The SMILES string of the molecule is Cc1cc[c]([Ge]([CH3])([Cl])[Cl])cc1. The first-order valence-corrected chi connectivity index (χ1v) is 12.1. The van der Waals surface area contributed by atoms with Gasteiger partial charge in [-0.25, -0.2) is 0 Å². The minimum atomic E-state index is -2.58. The molecule has 1 aromatic carbocycles. The van der Waals surface area contributed by atoms with Crippen molar-refractivity contribution in [2.45, 2.75) is 12.7 Å². The molecule has 0 aromatic heterocycles.